The summed E-state index contributed by atoms with van der Waals surface area (Å²) in [6.45, 7) is 7.97. The van der Waals surface area contributed by atoms with Gasteiger partial charge in [-0.1, -0.05) is 112 Å². The van der Waals surface area contributed by atoms with E-state index in [9.17, 15) is 9.59 Å². The van der Waals surface area contributed by atoms with Crippen LogP contribution >= 0.6 is 0 Å². The van der Waals surface area contributed by atoms with Crippen molar-refractivity contribution in [2.45, 2.75) is 45.3 Å². The molecule has 36 heavy (non-hydrogen) atoms. The summed E-state index contributed by atoms with van der Waals surface area (Å²) in [5.41, 5.74) is 1.08. The number of aldehydes is 2. The molecule has 0 heterocycles. The monoisotopic (exact) mass is 502 g/mol. The Morgan fingerprint density at radius 2 is 1.14 bits per heavy atom. The van der Waals surface area contributed by atoms with Crippen LogP contribution in [0.5, 0.6) is 0 Å². The van der Waals surface area contributed by atoms with Gasteiger partial charge in [0.2, 0.25) is 0 Å². The minimum atomic E-state index is -2.74. The summed E-state index contributed by atoms with van der Waals surface area (Å²) in [7, 11) is -2.74. The lowest BCUT2D eigenvalue weighted by molar-refractivity contribution is -0.112. The SMILES string of the molecule is CC(C)(C)[Si](OC[C@@H](CC=O)[C@H](CC=O)COCc1ccccc1)(c1ccccc1)c1ccccc1. The minimum Gasteiger partial charge on any atom is -0.407 e. The van der Waals surface area contributed by atoms with Crippen molar-refractivity contribution >= 4 is 31.3 Å². The van der Waals surface area contributed by atoms with Gasteiger partial charge in [0.05, 0.1) is 13.2 Å². The van der Waals surface area contributed by atoms with E-state index in [-0.39, 0.29) is 16.9 Å². The summed E-state index contributed by atoms with van der Waals surface area (Å²) in [6.07, 6.45) is 2.52. The topological polar surface area (TPSA) is 52.6 Å². The van der Waals surface area contributed by atoms with Gasteiger partial charge < -0.3 is 18.8 Å². The summed E-state index contributed by atoms with van der Waals surface area (Å²) in [5, 5.41) is 2.23. The third-order valence-corrected chi connectivity index (χ3v) is 11.8. The molecule has 0 radical (unpaired) electrons. The first kappa shape index (κ1) is 27.7. The third-order valence-electron chi connectivity index (χ3n) is 6.84. The van der Waals surface area contributed by atoms with Gasteiger partial charge in [0.15, 0.2) is 0 Å². The van der Waals surface area contributed by atoms with Gasteiger partial charge in [-0.3, -0.25) is 0 Å². The van der Waals surface area contributed by atoms with Crippen LogP contribution in [0.4, 0.5) is 0 Å². The molecule has 0 bridgehead atoms. The number of carbonyl (C=O) groups excluding carboxylic acids is 2. The summed E-state index contributed by atoms with van der Waals surface area (Å²) in [5.74, 6) is -0.222. The molecule has 0 saturated carbocycles. The zero-order chi connectivity index (χ0) is 25.9. The van der Waals surface area contributed by atoms with Gasteiger partial charge in [-0.25, -0.2) is 0 Å². The smallest absolute Gasteiger partial charge is 0.261 e. The maximum atomic E-state index is 11.7. The fourth-order valence-electron chi connectivity index (χ4n) is 4.94. The molecule has 0 aliphatic rings. The quantitative estimate of drug-likeness (QED) is 0.225. The lowest BCUT2D eigenvalue weighted by atomic mass is 9.89. The molecule has 0 fully saturated rings. The van der Waals surface area contributed by atoms with E-state index < -0.39 is 8.32 Å². The van der Waals surface area contributed by atoms with Crippen LogP contribution in [0.15, 0.2) is 91.0 Å². The second-order valence-electron chi connectivity index (χ2n) is 10.3. The Hall–Kier alpha value is -2.86. The summed E-state index contributed by atoms with van der Waals surface area (Å²) in [6, 6.07) is 30.9. The first-order valence-corrected chi connectivity index (χ1v) is 14.6. The molecular formula is C31H38O4Si. The van der Waals surface area contributed by atoms with E-state index >= 15 is 0 Å². The van der Waals surface area contributed by atoms with Gasteiger partial charge >= 0.3 is 0 Å². The van der Waals surface area contributed by atoms with E-state index in [2.05, 4.69) is 69.3 Å². The van der Waals surface area contributed by atoms with Crippen molar-refractivity contribution < 1.29 is 18.8 Å². The van der Waals surface area contributed by atoms with E-state index in [4.69, 9.17) is 9.16 Å². The predicted molar refractivity (Wildman–Crippen MR) is 148 cm³/mol. The van der Waals surface area contributed by atoms with Crippen molar-refractivity contribution in [3.05, 3.63) is 96.6 Å². The molecule has 3 aromatic rings. The Morgan fingerprint density at radius 1 is 0.694 bits per heavy atom. The molecule has 0 aromatic heterocycles. The molecule has 0 aliphatic carbocycles. The summed E-state index contributed by atoms with van der Waals surface area (Å²) >= 11 is 0. The molecule has 2 atom stereocenters. The summed E-state index contributed by atoms with van der Waals surface area (Å²) < 4.78 is 13.1. The van der Waals surface area contributed by atoms with E-state index in [1.807, 2.05) is 42.5 Å². The second kappa shape index (κ2) is 13.4. The Morgan fingerprint density at radius 3 is 1.58 bits per heavy atom. The molecule has 0 saturated heterocycles. The Balaban J connectivity index is 1.88. The zero-order valence-electron chi connectivity index (χ0n) is 21.6. The molecule has 0 amide bonds. The Kier molecular flexibility index (Phi) is 10.4. The molecule has 5 heteroatoms. The van der Waals surface area contributed by atoms with Gasteiger partial charge in [-0.15, -0.1) is 0 Å². The fourth-order valence-corrected chi connectivity index (χ4v) is 9.56. The van der Waals surface area contributed by atoms with Crippen molar-refractivity contribution in [3.63, 3.8) is 0 Å². The zero-order valence-corrected chi connectivity index (χ0v) is 22.6. The van der Waals surface area contributed by atoms with Gasteiger partial charge in [-0.05, 0) is 32.8 Å². The van der Waals surface area contributed by atoms with Crippen LogP contribution < -0.4 is 10.4 Å². The highest BCUT2D eigenvalue weighted by Gasteiger charge is 2.50. The number of hydrogen-bond donors (Lipinski definition) is 0. The van der Waals surface area contributed by atoms with Crippen molar-refractivity contribution in [1.29, 1.82) is 0 Å². The highest BCUT2D eigenvalue weighted by atomic mass is 28.4. The lowest BCUT2D eigenvalue weighted by Crippen LogP contribution is -2.67. The molecule has 0 N–H and O–H groups in total. The van der Waals surface area contributed by atoms with Crippen LogP contribution in [0.25, 0.3) is 0 Å². The minimum absolute atomic E-state index is 0.102. The number of hydrogen-bond acceptors (Lipinski definition) is 4. The van der Waals surface area contributed by atoms with Crippen LogP contribution in [0.2, 0.25) is 5.04 Å². The van der Waals surface area contributed by atoms with Gasteiger partial charge in [0, 0.05) is 19.4 Å². The van der Waals surface area contributed by atoms with E-state index in [0.717, 1.165) is 18.1 Å². The van der Waals surface area contributed by atoms with Gasteiger partial charge in [0.25, 0.3) is 8.32 Å². The first-order valence-electron chi connectivity index (χ1n) is 12.7. The first-order chi connectivity index (χ1) is 17.4. The van der Waals surface area contributed by atoms with Crippen LogP contribution in [0, 0.1) is 11.8 Å². The van der Waals surface area contributed by atoms with Crippen LogP contribution in [-0.4, -0.2) is 34.1 Å². The third kappa shape index (κ3) is 6.87. The van der Waals surface area contributed by atoms with E-state index in [1.54, 1.807) is 0 Å². The van der Waals surface area contributed by atoms with Crippen LogP contribution in [0.3, 0.4) is 0 Å². The maximum Gasteiger partial charge on any atom is 0.261 e. The molecule has 3 rings (SSSR count). The molecule has 3 aromatic carbocycles. The largest absolute Gasteiger partial charge is 0.407 e. The second-order valence-corrected chi connectivity index (χ2v) is 14.6. The number of rotatable bonds is 14. The van der Waals surface area contributed by atoms with Gasteiger partial charge in [-0.2, -0.15) is 0 Å². The highest BCUT2D eigenvalue weighted by Crippen LogP contribution is 2.37. The predicted octanol–water partition coefficient (Wildman–Crippen LogP) is 5.19. The molecule has 190 valence electrons. The molecule has 0 spiro atoms. The lowest BCUT2D eigenvalue weighted by Gasteiger charge is -2.44. The average molecular weight is 503 g/mol. The molecular weight excluding hydrogens is 464 g/mol. The number of benzene rings is 3. The Labute approximate surface area is 216 Å². The van der Waals surface area contributed by atoms with Crippen LogP contribution in [-0.2, 0) is 25.4 Å². The maximum absolute atomic E-state index is 11.7. The fraction of sp³-hybridized carbons (Fsp3) is 0.355. The molecule has 0 unspecified atom stereocenters. The standard InChI is InChI=1S/C31H38O4Si/c1-31(2,3)36(29-15-9-5-10-16-29,30-17-11-6-12-18-30)35-25-28(20-22-33)27(19-21-32)24-34-23-26-13-7-4-8-14-26/h4-18,21-22,27-28H,19-20,23-25H2,1-3H3/t27-,28-/m1/s1. The van der Waals surface area contributed by atoms with Crippen molar-refractivity contribution in [2.24, 2.45) is 11.8 Å². The van der Waals surface area contributed by atoms with Crippen LogP contribution in [0.1, 0.15) is 39.2 Å². The van der Waals surface area contributed by atoms with E-state index in [0.29, 0.717) is 32.7 Å². The average Bonchev–Trinajstić information content (AvgIpc) is 2.89. The van der Waals surface area contributed by atoms with Crippen molar-refractivity contribution in [1.82, 2.24) is 0 Å². The number of carbonyl (C=O) groups is 2. The number of ether oxygens (including phenoxy) is 1. The Bertz CT molecular complexity index is 1010. The van der Waals surface area contributed by atoms with Crippen molar-refractivity contribution in [2.75, 3.05) is 13.2 Å². The normalized spacial score (nSPS) is 13.6. The highest BCUT2D eigenvalue weighted by molar-refractivity contribution is 6.99. The molecule has 0 aliphatic heterocycles. The molecule has 4 nitrogen and oxygen atoms in total. The van der Waals surface area contributed by atoms with Gasteiger partial charge in [0.1, 0.15) is 12.6 Å². The van der Waals surface area contributed by atoms with E-state index in [1.165, 1.54) is 10.4 Å². The summed E-state index contributed by atoms with van der Waals surface area (Å²) in [4.78, 5) is 23.3. The van der Waals surface area contributed by atoms with Crippen molar-refractivity contribution in [3.8, 4) is 0 Å².